The Bertz CT molecular complexity index is 335. The molecule has 122 valence electrons. The molecule has 0 spiro atoms. The van der Waals surface area contributed by atoms with Gasteiger partial charge in [0.05, 0.1) is 6.54 Å². The highest BCUT2D eigenvalue weighted by Crippen LogP contribution is 2.23. The third kappa shape index (κ3) is 4.96. The van der Waals surface area contributed by atoms with Gasteiger partial charge >= 0.3 is 0 Å². The van der Waals surface area contributed by atoms with Gasteiger partial charge in [0, 0.05) is 38.8 Å². The lowest BCUT2D eigenvalue weighted by molar-refractivity contribution is -0.134. The van der Waals surface area contributed by atoms with Gasteiger partial charge < -0.3 is 4.90 Å². The van der Waals surface area contributed by atoms with Gasteiger partial charge in [-0.1, -0.05) is 13.8 Å². The first-order valence-electron chi connectivity index (χ1n) is 8.70. The zero-order valence-electron chi connectivity index (χ0n) is 14.3. The third-order valence-electron chi connectivity index (χ3n) is 4.93. The Morgan fingerprint density at radius 1 is 1.05 bits per heavy atom. The molecule has 2 saturated heterocycles. The molecule has 1 amide bonds. The third-order valence-corrected chi connectivity index (χ3v) is 4.93. The van der Waals surface area contributed by atoms with Gasteiger partial charge in [-0.05, 0) is 45.1 Å². The molecule has 4 nitrogen and oxygen atoms in total. The second kappa shape index (κ2) is 7.59. The van der Waals surface area contributed by atoms with E-state index in [9.17, 15) is 4.79 Å². The van der Waals surface area contributed by atoms with Crippen molar-refractivity contribution in [3.8, 4) is 0 Å². The summed E-state index contributed by atoms with van der Waals surface area (Å²) in [5.41, 5.74) is 0. The van der Waals surface area contributed by atoms with Gasteiger partial charge in [-0.3, -0.25) is 14.6 Å². The number of carbonyl (C=O) groups excluding carboxylic acids is 1. The molecule has 2 heterocycles. The van der Waals surface area contributed by atoms with Crippen LogP contribution in [0.4, 0.5) is 0 Å². The number of nitrogens with zero attached hydrogens (tertiary/aromatic N) is 3. The Morgan fingerprint density at radius 3 is 2.29 bits per heavy atom. The highest BCUT2D eigenvalue weighted by molar-refractivity contribution is 5.78. The van der Waals surface area contributed by atoms with Crippen LogP contribution in [0.1, 0.15) is 40.5 Å². The van der Waals surface area contributed by atoms with E-state index in [0.29, 0.717) is 18.5 Å². The molecule has 0 aromatic carbocycles. The van der Waals surface area contributed by atoms with E-state index in [1.165, 1.54) is 12.8 Å². The van der Waals surface area contributed by atoms with E-state index >= 15 is 0 Å². The van der Waals surface area contributed by atoms with Crippen LogP contribution in [-0.2, 0) is 4.79 Å². The summed E-state index contributed by atoms with van der Waals surface area (Å²) in [6, 6.07) is 0.595. The number of hydrogen-bond acceptors (Lipinski definition) is 3. The van der Waals surface area contributed by atoms with Gasteiger partial charge in [0.1, 0.15) is 0 Å². The number of likely N-dealkylation sites (tertiary alicyclic amines) is 1. The fourth-order valence-electron chi connectivity index (χ4n) is 3.69. The summed E-state index contributed by atoms with van der Waals surface area (Å²) in [5.74, 6) is 1.91. The lowest BCUT2D eigenvalue weighted by Crippen LogP contribution is -2.52. The normalized spacial score (nSPS) is 25.2. The van der Waals surface area contributed by atoms with Gasteiger partial charge in [-0.15, -0.1) is 0 Å². The van der Waals surface area contributed by atoms with E-state index in [4.69, 9.17) is 0 Å². The quantitative estimate of drug-likeness (QED) is 0.775. The topological polar surface area (TPSA) is 26.8 Å². The minimum absolute atomic E-state index is 0.337. The first-order chi connectivity index (χ1) is 9.95. The summed E-state index contributed by atoms with van der Waals surface area (Å²) in [6.07, 6.45) is 2.57. The minimum atomic E-state index is 0.337. The molecule has 0 aromatic heterocycles. The van der Waals surface area contributed by atoms with Gasteiger partial charge in [0.25, 0.3) is 0 Å². The zero-order chi connectivity index (χ0) is 15.4. The molecule has 2 fully saturated rings. The summed E-state index contributed by atoms with van der Waals surface area (Å²) >= 11 is 0. The predicted octanol–water partition coefficient (Wildman–Crippen LogP) is 1.91. The molecule has 0 unspecified atom stereocenters. The van der Waals surface area contributed by atoms with Crippen molar-refractivity contribution in [2.75, 3.05) is 45.8 Å². The Balaban J connectivity index is 1.71. The molecule has 2 aliphatic heterocycles. The minimum Gasteiger partial charge on any atom is -0.339 e. The fraction of sp³-hybridized carbons (Fsp3) is 0.941. The molecule has 0 aromatic rings. The van der Waals surface area contributed by atoms with Gasteiger partial charge in [0.15, 0.2) is 0 Å². The van der Waals surface area contributed by atoms with Crippen molar-refractivity contribution in [3.63, 3.8) is 0 Å². The number of rotatable bonds is 5. The predicted molar refractivity (Wildman–Crippen MR) is 87.3 cm³/mol. The van der Waals surface area contributed by atoms with Crippen molar-refractivity contribution < 1.29 is 4.79 Å². The van der Waals surface area contributed by atoms with Crippen LogP contribution in [-0.4, -0.2) is 72.5 Å². The SMILES string of the molecule is CC(C)C[C@H]1CCN(CC(=O)N2CCN(C(C)C)CC2)C1. The standard InChI is InChI=1S/C17H33N3O/c1-14(2)11-16-5-6-18(12-16)13-17(21)20-9-7-19(8-10-20)15(3)4/h14-16H,5-13H2,1-4H3/t16-/m1/s1. The summed E-state index contributed by atoms with van der Waals surface area (Å²) < 4.78 is 0. The summed E-state index contributed by atoms with van der Waals surface area (Å²) in [4.78, 5) is 19.3. The number of piperazine rings is 1. The van der Waals surface area contributed by atoms with Crippen LogP contribution in [0.5, 0.6) is 0 Å². The van der Waals surface area contributed by atoms with E-state index in [2.05, 4.69) is 42.4 Å². The van der Waals surface area contributed by atoms with E-state index in [-0.39, 0.29) is 0 Å². The molecule has 0 N–H and O–H groups in total. The van der Waals surface area contributed by atoms with Crippen LogP contribution in [0, 0.1) is 11.8 Å². The molecule has 2 rings (SSSR count). The molecule has 21 heavy (non-hydrogen) atoms. The average molecular weight is 295 g/mol. The average Bonchev–Trinajstić information content (AvgIpc) is 2.85. The maximum Gasteiger partial charge on any atom is 0.236 e. The first kappa shape index (κ1) is 16.8. The summed E-state index contributed by atoms with van der Waals surface area (Å²) in [7, 11) is 0. The van der Waals surface area contributed by atoms with Crippen molar-refractivity contribution >= 4 is 5.91 Å². The number of amides is 1. The van der Waals surface area contributed by atoms with Crippen LogP contribution in [0.25, 0.3) is 0 Å². The molecule has 2 aliphatic rings. The van der Waals surface area contributed by atoms with Crippen LogP contribution in [0.3, 0.4) is 0 Å². The highest BCUT2D eigenvalue weighted by atomic mass is 16.2. The molecule has 0 aliphatic carbocycles. The van der Waals surface area contributed by atoms with Crippen molar-refractivity contribution in [1.82, 2.24) is 14.7 Å². The number of carbonyl (C=O) groups is 1. The van der Waals surface area contributed by atoms with Crippen LogP contribution < -0.4 is 0 Å². The molecule has 0 radical (unpaired) electrons. The van der Waals surface area contributed by atoms with Crippen LogP contribution in [0.15, 0.2) is 0 Å². The fourth-order valence-corrected chi connectivity index (χ4v) is 3.69. The van der Waals surface area contributed by atoms with E-state index in [1.54, 1.807) is 0 Å². The molecule has 0 bridgehead atoms. The van der Waals surface area contributed by atoms with Crippen LogP contribution in [0.2, 0.25) is 0 Å². The second-order valence-electron chi connectivity index (χ2n) is 7.53. The van der Waals surface area contributed by atoms with Crippen molar-refractivity contribution in [2.24, 2.45) is 11.8 Å². The van der Waals surface area contributed by atoms with E-state index < -0.39 is 0 Å². The maximum absolute atomic E-state index is 12.4. The lowest BCUT2D eigenvalue weighted by Gasteiger charge is -2.37. The smallest absolute Gasteiger partial charge is 0.236 e. The Labute approximate surface area is 130 Å². The number of hydrogen-bond donors (Lipinski definition) is 0. The largest absolute Gasteiger partial charge is 0.339 e. The van der Waals surface area contributed by atoms with Crippen molar-refractivity contribution in [1.29, 1.82) is 0 Å². The van der Waals surface area contributed by atoms with Crippen molar-refractivity contribution in [2.45, 2.75) is 46.6 Å². The molecular formula is C17H33N3O. The van der Waals surface area contributed by atoms with Crippen LogP contribution >= 0.6 is 0 Å². The Hall–Kier alpha value is -0.610. The van der Waals surface area contributed by atoms with E-state index in [0.717, 1.165) is 51.1 Å². The highest BCUT2D eigenvalue weighted by Gasteiger charge is 2.27. The zero-order valence-corrected chi connectivity index (χ0v) is 14.3. The maximum atomic E-state index is 12.4. The van der Waals surface area contributed by atoms with Gasteiger partial charge in [-0.25, -0.2) is 0 Å². The van der Waals surface area contributed by atoms with E-state index in [1.807, 2.05) is 0 Å². The lowest BCUT2D eigenvalue weighted by atomic mass is 9.97. The summed E-state index contributed by atoms with van der Waals surface area (Å²) in [6.45, 7) is 15.8. The molecule has 0 saturated carbocycles. The Morgan fingerprint density at radius 2 is 1.71 bits per heavy atom. The van der Waals surface area contributed by atoms with Crippen molar-refractivity contribution in [3.05, 3.63) is 0 Å². The second-order valence-corrected chi connectivity index (χ2v) is 7.53. The van der Waals surface area contributed by atoms with Gasteiger partial charge in [-0.2, -0.15) is 0 Å². The molecule has 4 heteroatoms. The Kier molecular flexibility index (Phi) is 6.06. The first-order valence-corrected chi connectivity index (χ1v) is 8.70. The monoisotopic (exact) mass is 295 g/mol. The molecular weight excluding hydrogens is 262 g/mol. The molecule has 1 atom stereocenters. The summed E-state index contributed by atoms with van der Waals surface area (Å²) in [5, 5.41) is 0. The van der Waals surface area contributed by atoms with Gasteiger partial charge in [0.2, 0.25) is 5.91 Å².